The number of likely N-dealkylation sites (tertiary alicyclic amines) is 1. The van der Waals surface area contributed by atoms with E-state index in [1.54, 1.807) is 6.07 Å². The predicted molar refractivity (Wildman–Crippen MR) is 110 cm³/mol. The average Bonchev–Trinajstić information content (AvgIpc) is 3.10. The van der Waals surface area contributed by atoms with Crippen LogP contribution in [0.5, 0.6) is 11.5 Å². The number of ether oxygens (including phenoxy) is 2. The third kappa shape index (κ3) is 3.93. The van der Waals surface area contributed by atoms with E-state index >= 15 is 0 Å². The van der Waals surface area contributed by atoms with Crippen LogP contribution >= 0.6 is 0 Å². The summed E-state index contributed by atoms with van der Waals surface area (Å²) in [4.78, 5) is 14.1. The Morgan fingerprint density at radius 1 is 1.18 bits per heavy atom. The van der Waals surface area contributed by atoms with Crippen molar-refractivity contribution < 1.29 is 40.3 Å². The Morgan fingerprint density at radius 3 is 2.61 bits per heavy atom. The van der Waals surface area contributed by atoms with Gasteiger partial charge in [0.05, 0.1) is 25.0 Å². The molecule has 0 bridgehead atoms. The van der Waals surface area contributed by atoms with Crippen LogP contribution in [0.25, 0.3) is 0 Å². The van der Waals surface area contributed by atoms with Gasteiger partial charge in [-0.3, -0.25) is 9.69 Å². The van der Waals surface area contributed by atoms with E-state index in [1.165, 1.54) is 24.3 Å². The Kier molecular flexibility index (Phi) is 2.05. The first-order chi connectivity index (χ1) is 21.0. The number of carbonyl (C=O) groups is 1. The summed E-state index contributed by atoms with van der Waals surface area (Å²) in [5, 5.41) is 0. The summed E-state index contributed by atoms with van der Waals surface area (Å²) < 4.78 is 167. The van der Waals surface area contributed by atoms with Gasteiger partial charge < -0.3 is 9.47 Å². The van der Waals surface area contributed by atoms with E-state index in [4.69, 9.17) is 35.5 Å². The molecule has 2 aliphatic rings. The Balaban J connectivity index is 1.90. The summed E-state index contributed by atoms with van der Waals surface area (Å²) in [5.74, 6) is -9.84. The molecule has 28 heavy (non-hydrogen) atoms. The summed E-state index contributed by atoms with van der Waals surface area (Å²) >= 11 is 0. The van der Waals surface area contributed by atoms with Crippen LogP contribution in [-0.2, 0) is 12.9 Å². The van der Waals surface area contributed by atoms with Crippen molar-refractivity contribution in [1.29, 1.82) is 0 Å². The number of piperidine rings is 1. The number of hydrogen-bond donors (Lipinski definition) is 0. The second kappa shape index (κ2) is 8.36. The van der Waals surface area contributed by atoms with E-state index in [-0.39, 0.29) is 10.5 Å². The third-order valence-corrected chi connectivity index (χ3v) is 4.29. The lowest BCUT2D eigenvalue weighted by molar-refractivity contribution is 0.0895. The molecule has 1 aliphatic heterocycles. The van der Waals surface area contributed by atoms with Crippen molar-refractivity contribution in [1.82, 2.24) is 4.90 Å². The summed E-state index contributed by atoms with van der Waals surface area (Å²) in [6, 6.07) is 5.19. The van der Waals surface area contributed by atoms with Crippen molar-refractivity contribution in [3.8, 4) is 11.5 Å². The fourth-order valence-electron chi connectivity index (χ4n) is 2.94. The highest BCUT2D eigenvalue weighted by molar-refractivity contribution is 6.02. The zero-order chi connectivity index (χ0) is 36.1. The number of carbonyl (C=O) groups excluding carboxylic acids is 1. The number of hydrogen-bond acceptors (Lipinski definition) is 4. The molecule has 2 aromatic carbocycles. The molecule has 4 rings (SSSR count). The number of rotatable bonds is 6. The number of benzene rings is 2. The van der Waals surface area contributed by atoms with Gasteiger partial charge in [0.2, 0.25) is 0 Å². The molecule has 1 atom stereocenters. The van der Waals surface area contributed by atoms with Crippen LogP contribution in [0.15, 0.2) is 42.4 Å². The van der Waals surface area contributed by atoms with Crippen LogP contribution in [0, 0.1) is 11.8 Å². The quantitative estimate of drug-likeness (QED) is 0.725. The van der Waals surface area contributed by atoms with Gasteiger partial charge in [0.1, 0.15) is 0 Å². The van der Waals surface area contributed by atoms with Crippen LogP contribution < -0.4 is 9.47 Å². The Labute approximate surface area is 194 Å². The van der Waals surface area contributed by atoms with E-state index in [0.29, 0.717) is 0 Å². The van der Waals surface area contributed by atoms with E-state index < -0.39 is 111 Å². The molecule has 4 heteroatoms. The zero-order valence-electron chi connectivity index (χ0n) is 33.6. The number of fused-ring (bicyclic) bond motifs is 1. The van der Waals surface area contributed by atoms with Crippen molar-refractivity contribution in [2.45, 2.75) is 32.1 Å². The van der Waals surface area contributed by atoms with Gasteiger partial charge in [0, 0.05) is 33.1 Å². The van der Waals surface area contributed by atoms with Gasteiger partial charge in [-0.05, 0) is 67.6 Å². The highest BCUT2D eigenvalue weighted by atomic mass is 16.5. The fourth-order valence-corrected chi connectivity index (χ4v) is 2.94. The van der Waals surface area contributed by atoms with E-state index in [0.717, 1.165) is 0 Å². The van der Waals surface area contributed by atoms with Crippen molar-refractivity contribution >= 4 is 5.78 Å². The lowest BCUT2D eigenvalue weighted by Crippen LogP contribution is -2.34. The molecule has 0 amide bonds. The maximum atomic E-state index is 13.8. The number of nitrogens with zero attached hydrogens (tertiary/aromatic N) is 1. The molecule has 1 heterocycles. The largest absolute Gasteiger partial charge is 0.493 e. The van der Waals surface area contributed by atoms with E-state index in [2.05, 4.69) is 0 Å². The first-order valence-corrected chi connectivity index (χ1v) is 8.39. The smallest absolute Gasteiger partial charge is 0.166 e. The minimum Gasteiger partial charge on any atom is -0.493 e. The van der Waals surface area contributed by atoms with Crippen LogP contribution in [0.2, 0.25) is 0 Å². The molecule has 0 radical (unpaired) electrons. The Bertz CT molecular complexity index is 1540. The molecule has 1 saturated heterocycles. The van der Waals surface area contributed by atoms with Gasteiger partial charge in [0.25, 0.3) is 0 Å². The van der Waals surface area contributed by atoms with Gasteiger partial charge in [0.15, 0.2) is 17.3 Å². The molecule has 4 nitrogen and oxygen atoms in total. The highest BCUT2D eigenvalue weighted by Gasteiger charge is 2.34. The Morgan fingerprint density at radius 2 is 1.89 bits per heavy atom. The molecule has 148 valence electrons. The predicted octanol–water partition coefficient (Wildman–Crippen LogP) is 4.36. The van der Waals surface area contributed by atoms with E-state index in [9.17, 15) is 4.79 Å². The second-order valence-corrected chi connectivity index (χ2v) is 6.15. The molecule has 0 spiro atoms. The molecule has 1 aliphatic carbocycles. The maximum Gasteiger partial charge on any atom is 0.166 e. The second-order valence-electron chi connectivity index (χ2n) is 6.15. The van der Waals surface area contributed by atoms with Crippen LogP contribution in [-0.4, -0.2) is 37.8 Å². The minimum absolute atomic E-state index is 0.276. The van der Waals surface area contributed by atoms with Crippen molar-refractivity contribution in [3.63, 3.8) is 0 Å². The van der Waals surface area contributed by atoms with E-state index in [1.807, 2.05) is 0 Å². The summed E-state index contributed by atoms with van der Waals surface area (Å²) in [5.41, 5.74) is -1.73. The van der Waals surface area contributed by atoms with Crippen molar-refractivity contribution in [2.24, 2.45) is 11.8 Å². The molecule has 0 saturated carbocycles. The van der Waals surface area contributed by atoms with Crippen LogP contribution in [0.3, 0.4) is 0 Å². The standard InChI is InChI=1S/C24H29NO3/c1-27-22-14-19-13-20(24(26)21(19)15-23(22)28-2)12-17-8-10-25(11-9-17)16-18-6-4-3-5-7-18/h3-7,14-15,17,20H,8-13,16H2,1-2H3/i1D3,2D3,8D2,9D2,10D2,11D2,13D2,14D,15D,17D. The summed E-state index contributed by atoms with van der Waals surface area (Å²) in [6.07, 6.45) is -12.1. The average molecular weight is 399 g/mol. The summed E-state index contributed by atoms with van der Waals surface area (Å²) in [7, 11) is -6.77. The fraction of sp³-hybridized carbons (Fsp3) is 0.458. The monoisotopic (exact) mass is 398 g/mol. The lowest BCUT2D eigenvalue weighted by Gasteiger charge is -2.32. The number of Topliss-reactive ketones (excluding diaryl/α,β-unsaturated/α-hetero) is 1. The molecule has 0 aromatic heterocycles. The molecular formula is C24H29NO3. The van der Waals surface area contributed by atoms with Crippen molar-refractivity contribution in [2.75, 3.05) is 27.1 Å². The Hall–Kier alpha value is -2.33. The molecule has 0 N–H and O–H groups in total. The molecule has 1 fully saturated rings. The third-order valence-electron chi connectivity index (χ3n) is 4.29. The first kappa shape index (κ1) is 6.88. The van der Waals surface area contributed by atoms with Gasteiger partial charge in [-0.25, -0.2) is 0 Å². The maximum absolute atomic E-state index is 13.8. The van der Waals surface area contributed by atoms with Gasteiger partial charge in [-0.1, -0.05) is 30.3 Å². The van der Waals surface area contributed by atoms with Gasteiger partial charge in [-0.15, -0.1) is 0 Å². The summed E-state index contributed by atoms with van der Waals surface area (Å²) in [6.45, 7) is -7.56. The number of ketones is 1. The molecular weight excluding hydrogens is 350 g/mol. The zero-order valence-corrected chi connectivity index (χ0v) is 14.6. The SMILES string of the molecule is [2H]c1c(OC([2H])([2H])[2H])c(OC([2H])([2H])[2H])c([2H])c2c1C(=O)C(CC1([2H])C([2H])([2H])C([2H])([2H])N(Cc3ccccc3)C([2H])([2H])C1([2H])[2H])C2([2H])[2H]. The van der Waals surface area contributed by atoms with Gasteiger partial charge in [-0.2, -0.15) is 0 Å². The van der Waals surface area contributed by atoms with Crippen LogP contribution in [0.4, 0.5) is 0 Å². The lowest BCUT2D eigenvalue weighted by atomic mass is 9.85. The molecule has 2 aromatic rings. The minimum atomic E-state index is -3.67. The van der Waals surface area contributed by atoms with Crippen molar-refractivity contribution in [3.05, 3.63) is 59.1 Å². The van der Waals surface area contributed by atoms with Crippen LogP contribution in [0.1, 0.15) is 66.7 Å². The first-order valence-electron chi connectivity index (χ1n) is 17.9. The highest BCUT2D eigenvalue weighted by Crippen LogP contribution is 2.39. The van der Waals surface area contributed by atoms with Gasteiger partial charge >= 0.3 is 0 Å². The normalized spacial score (nSPS) is 41.2. The number of methoxy groups -OCH3 is 2. The topological polar surface area (TPSA) is 38.8 Å². The molecule has 1 unspecified atom stereocenters.